The molecule has 2 saturated heterocycles. The van der Waals surface area contributed by atoms with Gasteiger partial charge in [0.2, 0.25) is 0 Å². The summed E-state index contributed by atoms with van der Waals surface area (Å²) in [5.74, 6) is 1.38. The molecule has 0 radical (unpaired) electrons. The molecule has 0 bridgehead atoms. The van der Waals surface area contributed by atoms with Gasteiger partial charge in [-0.05, 0) is 74.7 Å². The van der Waals surface area contributed by atoms with E-state index in [1.165, 1.54) is 25.0 Å². The summed E-state index contributed by atoms with van der Waals surface area (Å²) in [4.78, 5) is 18.8. The van der Waals surface area contributed by atoms with Crippen LogP contribution >= 0.6 is 0 Å². The Balaban J connectivity index is 1.14. The molecule has 0 atom stereocenters. The highest BCUT2D eigenvalue weighted by Crippen LogP contribution is 2.23. The number of hydrogen-bond acceptors (Lipinski definition) is 3. The normalized spacial score (nSPS) is 18.2. The third-order valence-electron chi connectivity index (χ3n) is 6.16. The van der Waals surface area contributed by atoms with Crippen molar-refractivity contribution in [1.29, 1.82) is 0 Å². The molecule has 0 N–H and O–H groups in total. The number of urea groups is 1. The highest BCUT2D eigenvalue weighted by atomic mass is 19.1. The fourth-order valence-corrected chi connectivity index (χ4v) is 4.27. The number of carbonyl (C=O) groups is 1. The van der Waals surface area contributed by atoms with Crippen molar-refractivity contribution in [2.45, 2.75) is 19.3 Å². The molecule has 6 heteroatoms. The van der Waals surface area contributed by atoms with Crippen molar-refractivity contribution in [3.63, 3.8) is 0 Å². The second kappa shape index (κ2) is 9.94. The number of rotatable bonds is 8. The van der Waals surface area contributed by atoms with E-state index in [4.69, 9.17) is 4.74 Å². The molecular weight excluding hydrogens is 381 g/mol. The van der Waals surface area contributed by atoms with Gasteiger partial charge in [0.05, 0.1) is 6.61 Å². The summed E-state index contributed by atoms with van der Waals surface area (Å²) < 4.78 is 19.0. The number of amides is 2. The van der Waals surface area contributed by atoms with Crippen LogP contribution in [-0.4, -0.2) is 61.7 Å². The van der Waals surface area contributed by atoms with Crippen molar-refractivity contribution >= 4 is 11.7 Å². The zero-order chi connectivity index (χ0) is 20.8. The van der Waals surface area contributed by atoms with Crippen molar-refractivity contribution in [2.75, 3.05) is 50.8 Å². The second-order valence-electron chi connectivity index (χ2n) is 8.13. The van der Waals surface area contributed by atoms with Crippen LogP contribution in [0, 0.1) is 11.7 Å². The number of ether oxygens (including phenoxy) is 1. The number of nitrogens with zero attached hydrogens (tertiary/aromatic N) is 3. The van der Waals surface area contributed by atoms with E-state index < -0.39 is 0 Å². The summed E-state index contributed by atoms with van der Waals surface area (Å²) in [5.41, 5.74) is 0.766. The molecule has 5 nitrogen and oxygen atoms in total. The van der Waals surface area contributed by atoms with Crippen LogP contribution in [0.1, 0.15) is 19.3 Å². The number of carbonyl (C=O) groups excluding carboxylic acids is 1. The van der Waals surface area contributed by atoms with Gasteiger partial charge in [0, 0.05) is 31.9 Å². The first-order chi connectivity index (χ1) is 14.7. The van der Waals surface area contributed by atoms with Gasteiger partial charge >= 0.3 is 6.03 Å². The van der Waals surface area contributed by atoms with Gasteiger partial charge in [-0.2, -0.15) is 0 Å². The molecule has 4 rings (SSSR count). The van der Waals surface area contributed by atoms with Crippen LogP contribution in [0.25, 0.3) is 0 Å². The Labute approximate surface area is 178 Å². The number of halogens is 1. The monoisotopic (exact) mass is 411 g/mol. The number of likely N-dealkylation sites (tertiary alicyclic amines) is 1. The van der Waals surface area contributed by atoms with Crippen LogP contribution in [0.5, 0.6) is 5.75 Å². The van der Waals surface area contributed by atoms with E-state index in [0.717, 1.165) is 57.2 Å². The molecule has 2 aromatic rings. The minimum atomic E-state index is -0.280. The molecule has 0 aromatic heterocycles. The van der Waals surface area contributed by atoms with Crippen molar-refractivity contribution in [1.82, 2.24) is 9.80 Å². The second-order valence-corrected chi connectivity index (χ2v) is 8.13. The zero-order valence-corrected chi connectivity index (χ0v) is 17.4. The van der Waals surface area contributed by atoms with Gasteiger partial charge < -0.3 is 14.5 Å². The number of anilines is 1. The maximum Gasteiger partial charge on any atom is 0.324 e. The molecule has 0 aliphatic carbocycles. The van der Waals surface area contributed by atoms with E-state index in [1.54, 1.807) is 17.0 Å². The lowest BCUT2D eigenvalue weighted by atomic mass is 9.94. The largest absolute Gasteiger partial charge is 0.494 e. The lowest BCUT2D eigenvalue weighted by molar-refractivity contribution is 0.151. The summed E-state index contributed by atoms with van der Waals surface area (Å²) in [7, 11) is 0. The van der Waals surface area contributed by atoms with Crippen LogP contribution in [0.2, 0.25) is 0 Å². The van der Waals surface area contributed by atoms with Crippen LogP contribution in [-0.2, 0) is 0 Å². The molecule has 2 aromatic carbocycles. The molecule has 0 spiro atoms. The highest BCUT2D eigenvalue weighted by Gasteiger charge is 2.30. The third-order valence-corrected chi connectivity index (χ3v) is 6.16. The van der Waals surface area contributed by atoms with E-state index in [-0.39, 0.29) is 11.8 Å². The van der Waals surface area contributed by atoms with Gasteiger partial charge in [0.1, 0.15) is 11.6 Å². The fourth-order valence-electron chi connectivity index (χ4n) is 4.27. The summed E-state index contributed by atoms with van der Waals surface area (Å²) in [6.45, 7) is 5.99. The van der Waals surface area contributed by atoms with Crippen molar-refractivity contribution in [3.05, 3.63) is 60.4 Å². The molecule has 160 valence electrons. The Morgan fingerprint density at radius 1 is 0.900 bits per heavy atom. The van der Waals surface area contributed by atoms with Crippen LogP contribution < -0.4 is 9.64 Å². The lowest BCUT2D eigenvalue weighted by Crippen LogP contribution is -2.41. The number of benzene rings is 2. The smallest absolute Gasteiger partial charge is 0.324 e. The van der Waals surface area contributed by atoms with Crippen molar-refractivity contribution in [3.8, 4) is 5.75 Å². The third kappa shape index (κ3) is 5.30. The highest BCUT2D eigenvalue weighted by molar-refractivity contribution is 5.94. The van der Waals surface area contributed by atoms with Crippen LogP contribution in [0.3, 0.4) is 0 Å². The zero-order valence-electron chi connectivity index (χ0n) is 17.4. The summed E-state index contributed by atoms with van der Waals surface area (Å²) in [5, 5.41) is 0. The summed E-state index contributed by atoms with van der Waals surface area (Å²) in [6, 6.07) is 16.2. The average molecular weight is 412 g/mol. The van der Waals surface area contributed by atoms with E-state index in [0.29, 0.717) is 12.5 Å². The Kier molecular flexibility index (Phi) is 6.84. The van der Waals surface area contributed by atoms with E-state index in [2.05, 4.69) is 4.90 Å². The fraction of sp³-hybridized carbons (Fsp3) is 0.458. The number of hydrogen-bond donors (Lipinski definition) is 0. The molecule has 2 amide bonds. The molecule has 2 heterocycles. The van der Waals surface area contributed by atoms with E-state index in [1.807, 2.05) is 35.2 Å². The molecule has 0 saturated carbocycles. The maximum absolute atomic E-state index is 13.1. The summed E-state index contributed by atoms with van der Waals surface area (Å²) in [6.07, 6.45) is 3.47. The lowest BCUT2D eigenvalue weighted by Gasteiger charge is -2.33. The SMILES string of the molecule is O=C1N(CCN2CCC(CCOc3ccccc3)CC2)CCN1c1ccc(F)cc1. The maximum atomic E-state index is 13.1. The van der Waals surface area contributed by atoms with Crippen molar-refractivity contribution < 1.29 is 13.9 Å². The molecule has 2 aliphatic rings. The quantitative estimate of drug-likeness (QED) is 0.652. The first kappa shape index (κ1) is 20.7. The van der Waals surface area contributed by atoms with Gasteiger partial charge in [-0.3, -0.25) is 4.90 Å². The molecule has 30 heavy (non-hydrogen) atoms. The van der Waals surface area contributed by atoms with Gasteiger partial charge in [-0.25, -0.2) is 9.18 Å². The van der Waals surface area contributed by atoms with Gasteiger partial charge in [-0.15, -0.1) is 0 Å². The van der Waals surface area contributed by atoms with E-state index >= 15 is 0 Å². The predicted molar refractivity (Wildman–Crippen MR) is 116 cm³/mol. The topological polar surface area (TPSA) is 36.0 Å². The molecular formula is C24H30FN3O2. The number of piperidine rings is 1. The summed E-state index contributed by atoms with van der Waals surface area (Å²) >= 11 is 0. The van der Waals surface area contributed by atoms with Crippen LogP contribution in [0.15, 0.2) is 54.6 Å². The average Bonchev–Trinajstić information content (AvgIpc) is 3.15. The minimum absolute atomic E-state index is 0.0227. The Morgan fingerprint density at radius 2 is 1.63 bits per heavy atom. The number of para-hydroxylation sites is 1. The van der Waals surface area contributed by atoms with Gasteiger partial charge in [0.15, 0.2) is 0 Å². The molecule has 2 aliphatic heterocycles. The predicted octanol–water partition coefficient (Wildman–Crippen LogP) is 4.25. The van der Waals surface area contributed by atoms with Crippen LogP contribution in [0.4, 0.5) is 14.9 Å². The van der Waals surface area contributed by atoms with Crippen molar-refractivity contribution in [2.24, 2.45) is 5.92 Å². The Hall–Kier alpha value is -2.60. The molecule has 2 fully saturated rings. The molecule has 0 unspecified atom stereocenters. The van der Waals surface area contributed by atoms with Gasteiger partial charge in [0.25, 0.3) is 0 Å². The standard InChI is InChI=1S/C24H30FN3O2/c25-21-6-8-22(9-7-21)28-18-17-27(24(28)29)16-15-26-13-10-20(11-14-26)12-19-30-23-4-2-1-3-5-23/h1-9,20H,10-19H2. The first-order valence-electron chi connectivity index (χ1n) is 10.9. The minimum Gasteiger partial charge on any atom is -0.494 e. The van der Waals surface area contributed by atoms with Gasteiger partial charge in [-0.1, -0.05) is 18.2 Å². The first-order valence-corrected chi connectivity index (χ1v) is 10.9. The Bertz CT molecular complexity index is 807. The Morgan fingerprint density at radius 3 is 2.37 bits per heavy atom. The van der Waals surface area contributed by atoms with E-state index in [9.17, 15) is 9.18 Å².